The summed E-state index contributed by atoms with van der Waals surface area (Å²) >= 11 is 12.0. The lowest BCUT2D eigenvalue weighted by atomic mass is 10.1. The summed E-state index contributed by atoms with van der Waals surface area (Å²) in [6.45, 7) is 1.99. The topological polar surface area (TPSA) is 55.4 Å². The minimum absolute atomic E-state index is 0.0544. The number of rotatable bonds is 9. The van der Waals surface area contributed by atoms with Crippen LogP contribution in [0.2, 0.25) is 10.0 Å². The molecule has 1 amide bonds. The molecule has 0 aromatic heterocycles. The molecule has 1 N–H and O–H groups in total. The number of ether oxygens (including phenoxy) is 1. The van der Waals surface area contributed by atoms with E-state index >= 15 is 0 Å². The summed E-state index contributed by atoms with van der Waals surface area (Å²) in [5, 5.41) is 3.97. The van der Waals surface area contributed by atoms with Crippen LogP contribution in [0.1, 0.15) is 24.5 Å². The summed E-state index contributed by atoms with van der Waals surface area (Å²) in [5.41, 5.74) is 2.00. The molecular formula is C20H21Cl2NO3. The second-order valence-corrected chi connectivity index (χ2v) is 6.81. The Morgan fingerprint density at radius 3 is 2.42 bits per heavy atom. The number of benzene rings is 2. The van der Waals surface area contributed by atoms with Gasteiger partial charge in [0.25, 0.3) is 5.91 Å². The van der Waals surface area contributed by atoms with Gasteiger partial charge >= 0.3 is 0 Å². The number of hydrogen-bond donors (Lipinski definition) is 1. The van der Waals surface area contributed by atoms with Gasteiger partial charge in [-0.2, -0.15) is 0 Å². The number of carbonyl (C=O) groups is 2. The second kappa shape index (κ2) is 10.2. The molecule has 2 aromatic rings. The van der Waals surface area contributed by atoms with Gasteiger partial charge in [-0.25, -0.2) is 0 Å². The van der Waals surface area contributed by atoms with Crippen LogP contribution in [0.15, 0.2) is 42.5 Å². The fraction of sp³-hybridized carbons (Fsp3) is 0.300. The Kier molecular flexibility index (Phi) is 7.95. The number of carbonyl (C=O) groups excluding carboxylic acids is 2. The summed E-state index contributed by atoms with van der Waals surface area (Å²) in [6.07, 6.45) is 1.86. The molecule has 0 unspecified atom stereocenters. The molecule has 6 heteroatoms. The van der Waals surface area contributed by atoms with Crippen molar-refractivity contribution in [3.05, 3.63) is 63.6 Å². The monoisotopic (exact) mass is 393 g/mol. The Hall–Kier alpha value is -2.04. The van der Waals surface area contributed by atoms with Crippen LogP contribution in [0.5, 0.6) is 5.75 Å². The highest BCUT2D eigenvalue weighted by Gasteiger charge is 2.05. The highest BCUT2D eigenvalue weighted by molar-refractivity contribution is 6.35. The van der Waals surface area contributed by atoms with Crippen molar-refractivity contribution in [2.75, 3.05) is 13.2 Å². The first-order valence-electron chi connectivity index (χ1n) is 8.36. The molecule has 0 saturated carbocycles. The highest BCUT2D eigenvalue weighted by Crippen LogP contribution is 2.21. The van der Waals surface area contributed by atoms with E-state index in [1.54, 1.807) is 31.2 Å². The maximum absolute atomic E-state index is 11.9. The van der Waals surface area contributed by atoms with Crippen molar-refractivity contribution >= 4 is 34.9 Å². The van der Waals surface area contributed by atoms with Crippen molar-refractivity contribution < 1.29 is 14.3 Å². The van der Waals surface area contributed by atoms with Crippen LogP contribution in [-0.2, 0) is 22.4 Å². The van der Waals surface area contributed by atoms with E-state index in [-0.39, 0.29) is 18.3 Å². The average Bonchev–Trinajstić information content (AvgIpc) is 2.61. The lowest BCUT2D eigenvalue weighted by molar-refractivity contribution is -0.123. The van der Waals surface area contributed by atoms with Crippen molar-refractivity contribution in [3.8, 4) is 5.75 Å². The molecule has 0 aliphatic carbocycles. The summed E-state index contributed by atoms with van der Waals surface area (Å²) in [4.78, 5) is 22.9. The van der Waals surface area contributed by atoms with Gasteiger partial charge in [-0.3, -0.25) is 4.79 Å². The van der Waals surface area contributed by atoms with Gasteiger partial charge in [-0.1, -0.05) is 41.4 Å². The van der Waals surface area contributed by atoms with E-state index < -0.39 is 0 Å². The molecule has 0 radical (unpaired) electrons. The summed E-state index contributed by atoms with van der Waals surface area (Å²) in [6, 6.07) is 12.7. The maximum atomic E-state index is 11.9. The van der Waals surface area contributed by atoms with Crippen molar-refractivity contribution in [2.45, 2.75) is 26.2 Å². The SMILES string of the molecule is CC(=O)CCc1ccc(OCC(=O)NCCc2ccc(Cl)cc2Cl)cc1. The van der Waals surface area contributed by atoms with Crippen LogP contribution in [0.4, 0.5) is 0 Å². The molecule has 0 fully saturated rings. The number of halogens is 2. The summed E-state index contributed by atoms with van der Waals surface area (Å²) < 4.78 is 5.47. The Labute approximate surface area is 163 Å². The Morgan fingerprint density at radius 1 is 1.04 bits per heavy atom. The van der Waals surface area contributed by atoms with E-state index in [9.17, 15) is 9.59 Å². The van der Waals surface area contributed by atoms with E-state index in [0.29, 0.717) is 41.6 Å². The summed E-state index contributed by atoms with van der Waals surface area (Å²) in [5.74, 6) is 0.588. The van der Waals surface area contributed by atoms with Gasteiger partial charge in [0, 0.05) is 23.0 Å². The van der Waals surface area contributed by atoms with E-state index in [2.05, 4.69) is 5.32 Å². The quantitative estimate of drug-likeness (QED) is 0.692. The van der Waals surface area contributed by atoms with Gasteiger partial charge in [0.1, 0.15) is 11.5 Å². The normalized spacial score (nSPS) is 10.4. The highest BCUT2D eigenvalue weighted by atomic mass is 35.5. The van der Waals surface area contributed by atoms with Crippen LogP contribution >= 0.6 is 23.2 Å². The number of hydrogen-bond acceptors (Lipinski definition) is 3. The number of ketones is 1. The zero-order chi connectivity index (χ0) is 18.9. The number of Topliss-reactive ketones (excluding diaryl/α,β-unsaturated/α-hetero) is 1. The molecule has 0 heterocycles. The first-order valence-corrected chi connectivity index (χ1v) is 9.11. The van der Waals surface area contributed by atoms with Crippen LogP contribution in [0, 0.1) is 0 Å². The molecule has 26 heavy (non-hydrogen) atoms. The van der Waals surface area contributed by atoms with E-state index in [1.165, 1.54) is 0 Å². The van der Waals surface area contributed by atoms with Gasteiger partial charge < -0.3 is 14.8 Å². The van der Waals surface area contributed by atoms with Crippen molar-refractivity contribution in [1.29, 1.82) is 0 Å². The van der Waals surface area contributed by atoms with Crippen LogP contribution in [-0.4, -0.2) is 24.8 Å². The van der Waals surface area contributed by atoms with E-state index in [0.717, 1.165) is 11.1 Å². The molecular weight excluding hydrogens is 373 g/mol. The Morgan fingerprint density at radius 2 is 1.77 bits per heavy atom. The van der Waals surface area contributed by atoms with Crippen molar-refractivity contribution in [3.63, 3.8) is 0 Å². The predicted molar refractivity (Wildman–Crippen MR) is 104 cm³/mol. The Bertz CT molecular complexity index is 760. The smallest absolute Gasteiger partial charge is 0.257 e. The number of aryl methyl sites for hydroxylation is 1. The third-order valence-corrected chi connectivity index (χ3v) is 4.38. The van der Waals surface area contributed by atoms with Gasteiger partial charge in [0.2, 0.25) is 0 Å². The molecule has 0 bridgehead atoms. The van der Waals surface area contributed by atoms with Crippen LogP contribution in [0.25, 0.3) is 0 Å². The number of amides is 1. The molecule has 0 atom stereocenters. The van der Waals surface area contributed by atoms with Crippen LogP contribution in [0.3, 0.4) is 0 Å². The lowest BCUT2D eigenvalue weighted by Crippen LogP contribution is -2.30. The first-order chi connectivity index (χ1) is 12.4. The minimum atomic E-state index is -0.198. The molecule has 0 aliphatic rings. The fourth-order valence-corrected chi connectivity index (χ4v) is 2.84. The third kappa shape index (κ3) is 7.06. The zero-order valence-corrected chi connectivity index (χ0v) is 16.1. The molecule has 2 aromatic carbocycles. The van der Waals surface area contributed by atoms with Gasteiger partial charge in [-0.15, -0.1) is 0 Å². The van der Waals surface area contributed by atoms with Gasteiger partial charge in [0.15, 0.2) is 6.61 Å². The third-order valence-electron chi connectivity index (χ3n) is 3.79. The molecule has 4 nitrogen and oxygen atoms in total. The average molecular weight is 394 g/mol. The zero-order valence-electron chi connectivity index (χ0n) is 14.6. The van der Waals surface area contributed by atoms with E-state index in [4.69, 9.17) is 27.9 Å². The van der Waals surface area contributed by atoms with Crippen molar-refractivity contribution in [1.82, 2.24) is 5.32 Å². The molecule has 0 saturated heterocycles. The van der Waals surface area contributed by atoms with Gasteiger partial charge in [-0.05, 0) is 55.2 Å². The maximum Gasteiger partial charge on any atom is 0.257 e. The van der Waals surface area contributed by atoms with Gasteiger partial charge in [0.05, 0.1) is 0 Å². The summed E-state index contributed by atoms with van der Waals surface area (Å²) in [7, 11) is 0. The molecule has 2 rings (SSSR count). The standard InChI is InChI=1S/C20H21Cl2NO3/c1-14(24)2-3-15-4-8-18(9-5-15)26-13-20(25)23-11-10-16-6-7-17(21)12-19(16)22/h4-9,12H,2-3,10-11,13H2,1H3,(H,23,25). The minimum Gasteiger partial charge on any atom is -0.484 e. The lowest BCUT2D eigenvalue weighted by Gasteiger charge is -2.09. The second-order valence-electron chi connectivity index (χ2n) is 5.97. The molecule has 0 aliphatic heterocycles. The van der Waals surface area contributed by atoms with E-state index in [1.807, 2.05) is 18.2 Å². The largest absolute Gasteiger partial charge is 0.484 e. The fourth-order valence-electron chi connectivity index (χ4n) is 2.33. The van der Waals surface area contributed by atoms with Crippen LogP contribution < -0.4 is 10.1 Å². The van der Waals surface area contributed by atoms with Crippen molar-refractivity contribution in [2.24, 2.45) is 0 Å². The first kappa shape index (κ1) is 20.3. The Balaban J connectivity index is 1.70. The molecule has 138 valence electrons. The number of nitrogens with one attached hydrogen (secondary N) is 1. The predicted octanol–water partition coefficient (Wildman–Crippen LogP) is 4.25. The molecule has 0 spiro atoms.